The molecule has 218 valence electrons. The molecule has 9 heteroatoms. The Morgan fingerprint density at radius 3 is 2.38 bits per heavy atom. The third-order valence-electron chi connectivity index (χ3n) is 8.78. The number of amides is 1. The minimum Gasteiger partial charge on any atom is -0.497 e. The normalized spacial score (nSPS) is 28.5. The Bertz CT molecular complexity index is 1510. The van der Waals surface area contributed by atoms with Gasteiger partial charge in [0.05, 0.1) is 31.3 Å². The standard InChI is InChI=1S/C33H33NO8/c1-32(2)41-28-27(38-17-21-7-5-4-6-8-21)15-33(18-35)24-14-26-25(39-19-40-26)13-23(24)31(36)34(30(33)29(28)42-32)16-20-9-11-22(37-3)12-10-20/h4-14,18,27-30H,15-17,19H2,1-3H3/t27-,28-,29-,30+,33+/m1/s1. The van der Waals surface area contributed by atoms with E-state index in [-0.39, 0.29) is 19.2 Å². The summed E-state index contributed by atoms with van der Waals surface area (Å²) in [5.74, 6) is 0.565. The third kappa shape index (κ3) is 4.35. The van der Waals surface area contributed by atoms with Gasteiger partial charge in [0.15, 0.2) is 17.3 Å². The Morgan fingerprint density at radius 1 is 0.952 bits per heavy atom. The van der Waals surface area contributed by atoms with Gasteiger partial charge in [0.1, 0.15) is 24.2 Å². The lowest BCUT2D eigenvalue weighted by molar-refractivity contribution is -0.159. The number of aldehydes is 1. The first kappa shape index (κ1) is 26.9. The largest absolute Gasteiger partial charge is 0.497 e. The molecule has 5 atom stereocenters. The number of hydrogen-bond donors (Lipinski definition) is 0. The van der Waals surface area contributed by atoms with Crippen molar-refractivity contribution in [1.29, 1.82) is 0 Å². The van der Waals surface area contributed by atoms with Gasteiger partial charge in [-0.25, -0.2) is 0 Å². The van der Waals surface area contributed by atoms with Gasteiger partial charge in [-0.2, -0.15) is 0 Å². The molecule has 3 heterocycles. The molecule has 7 rings (SSSR count). The van der Waals surface area contributed by atoms with Crippen LogP contribution >= 0.6 is 0 Å². The molecule has 1 saturated carbocycles. The molecule has 0 aromatic heterocycles. The quantitative estimate of drug-likeness (QED) is 0.386. The van der Waals surface area contributed by atoms with E-state index in [9.17, 15) is 9.59 Å². The van der Waals surface area contributed by atoms with Gasteiger partial charge in [-0.05, 0) is 61.2 Å². The molecule has 0 N–H and O–H groups in total. The Balaban J connectivity index is 1.35. The molecule has 4 aliphatic rings. The van der Waals surface area contributed by atoms with E-state index in [4.69, 9.17) is 28.4 Å². The van der Waals surface area contributed by atoms with E-state index < -0.39 is 35.6 Å². The number of ether oxygens (including phenoxy) is 6. The van der Waals surface area contributed by atoms with E-state index in [1.165, 1.54) is 0 Å². The van der Waals surface area contributed by atoms with E-state index in [0.29, 0.717) is 35.7 Å². The number of rotatable bonds is 7. The molecule has 0 unspecified atom stereocenters. The number of fused-ring (bicyclic) bond motifs is 6. The topological polar surface area (TPSA) is 92.8 Å². The lowest BCUT2D eigenvalue weighted by atomic mass is 9.60. The minimum absolute atomic E-state index is 0.0537. The highest BCUT2D eigenvalue weighted by atomic mass is 16.8. The zero-order chi connectivity index (χ0) is 29.1. The van der Waals surface area contributed by atoms with Crippen molar-refractivity contribution in [3.05, 3.63) is 89.0 Å². The van der Waals surface area contributed by atoms with Gasteiger partial charge in [0.25, 0.3) is 5.91 Å². The smallest absolute Gasteiger partial charge is 0.254 e. The van der Waals surface area contributed by atoms with Crippen LogP contribution in [0.3, 0.4) is 0 Å². The summed E-state index contributed by atoms with van der Waals surface area (Å²) in [7, 11) is 1.61. The van der Waals surface area contributed by atoms with E-state index >= 15 is 0 Å². The number of carbonyl (C=O) groups is 2. The van der Waals surface area contributed by atoms with Gasteiger partial charge in [-0.3, -0.25) is 4.79 Å². The van der Waals surface area contributed by atoms with E-state index in [1.807, 2.05) is 68.4 Å². The molecule has 3 aromatic rings. The number of carbonyl (C=O) groups excluding carboxylic acids is 2. The van der Waals surface area contributed by atoms with Crippen molar-refractivity contribution in [3.63, 3.8) is 0 Å². The van der Waals surface area contributed by atoms with Crippen LogP contribution in [-0.2, 0) is 37.6 Å². The first-order valence-corrected chi connectivity index (χ1v) is 14.2. The second-order valence-electron chi connectivity index (χ2n) is 11.7. The fourth-order valence-corrected chi connectivity index (χ4v) is 6.93. The van der Waals surface area contributed by atoms with Crippen molar-refractivity contribution in [2.45, 2.75) is 69.0 Å². The monoisotopic (exact) mass is 571 g/mol. The third-order valence-corrected chi connectivity index (χ3v) is 8.78. The molecule has 0 spiro atoms. The number of hydrogen-bond acceptors (Lipinski definition) is 8. The van der Waals surface area contributed by atoms with Crippen LogP contribution in [0.2, 0.25) is 0 Å². The summed E-state index contributed by atoms with van der Waals surface area (Å²) in [6.45, 7) is 4.37. The maximum atomic E-state index is 14.4. The van der Waals surface area contributed by atoms with E-state index in [1.54, 1.807) is 24.1 Å². The summed E-state index contributed by atoms with van der Waals surface area (Å²) < 4.78 is 36.2. The number of nitrogens with zero attached hydrogens (tertiary/aromatic N) is 1. The van der Waals surface area contributed by atoms with Crippen molar-refractivity contribution in [1.82, 2.24) is 4.90 Å². The minimum atomic E-state index is -1.15. The van der Waals surface area contributed by atoms with Crippen molar-refractivity contribution < 1.29 is 38.0 Å². The van der Waals surface area contributed by atoms with Gasteiger partial charge in [-0.1, -0.05) is 42.5 Å². The van der Waals surface area contributed by atoms with Crippen LogP contribution in [0.5, 0.6) is 17.2 Å². The highest BCUT2D eigenvalue weighted by Crippen LogP contribution is 2.54. The lowest BCUT2D eigenvalue weighted by Gasteiger charge is -2.55. The van der Waals surface area contributed by atoms with E-state index in [2.05, 4.69) is 0 Å². The highest BCUT2D eigenvalue weighted by molar-refractivity contribution is 6.01. The fourth-order valence-electron chi connectivity index (χ4n) is 6.93. The van der Waals surface area contributed by atoms with Gasteiger partial charge in [-0.15, -0.1) is 0 Å². The summed E-state index contributed by atoms with van der Waals surface area (Å²) in [4.78, 5) is 29.7. The second-order valence-corrected chi connectivity index (χ2v) is 11.7. The molecule has 3 aliphatic heterocycles. The SMILES string of the molecule is COc1ccc(CN2C(=O)c3cc4c(cc3[C@@]3(C=O)C[C@@H](OCc5ccccc5)[C@H]5OC(C)(C)O[C@H]5[C@H]23)OCO4)cc1. The van der Waals surface area contributed by atoms with Gasteiger partial charge in [0.2, 0.25) is 6.79 Å². The molecule has 1 saturated heterocycles. The van der Waals surface area contributed by atoms with Crippen LogP contribution in [-0.4, -0.2) is 61.1 Å². The van der Waals surface area contributed by atoms with Crippen LogP contribution in [0.15, 0.2) is 66.7 Å². The molecule has 0 radical (unpaired) electrons. The first-order chi connectivity index (χ1) is 20.3. The second kappa shape index (κ2) is 10.1. The number of benzene rings is 3. The van der Waals surface area contributed by atoms with Crippen molar-refractivity contribution in [2.24, 2.45) is 0 Å². The first-order valence-electron chi connectivity index (χ1n) is 14.2. The zero-order valence-electron chi connectivity index (χ0n) is 23.8. The van der Waals surface area contributed by atoms with Crippen molar-refractivity contribution in [3.8, 4) is 17.2 Å². The molecule has 1 aliphatic carbocycles. The van der Waals surface area contributed by atoms with Crippen LogP contribution in [0.4, 0.5) is 0 Å². The molecular weight excluding hydrogens is 538 g/mol. The van der Waals surface area contributed by atoms with Gasteiger partial charge in [0, 0.05) is 12.1 Å². The fraction of sp³-hybridized carbons (Fsp3) is 0.394. The Kier molecular flexibility index (Phi) is 6.49. The molecule has 0 bridgehead atoms. The van der Waals surface area contributed by atoms with Crippen LogP contribution in [0.1, 0.15) is 47.3 Å². The Hall–Kier alpha value is -3.92. The molecule has 9 nitrogen and oxygen atoms in total. The summed E-state index contributed by atoms with van der Waals surface area (Å²) in [5.41, 5.74) is 1.77. The molecule has 2 fully saturated rings. The average molecular weight is 572 g/mol. The maximum Gasteiger partial charge on any atom is 0.254 e. The Labute approximate surface area is 244 Å². The Morgan fingerprint density at radius 2 is 1.67 bits per heavy atom. The number of methoxy groups -OCH3 is 1. The predicted octanol–water partition coefficient (Wildman–Crippen LogP) is 4.39. The molecule has 3 aromatic carbocycles. The maximum absolute atomic E-state index is 14.4. The molecule has 1 amide bonds. The molecular formula is C33H33NO8. The summed E-state index contributed by atoms with van der Waals surface area (Å²) in [6.07, 6.45) is -0.333. The van der Waals surface area contributed by atoms with Crippen LogP contribution in [0.25, 0.3) is 0 Å². The lowest BCUT2D eigenvalue weighted by Crippen LogP contribution is -2.70. The van der Waals surface area contributed by atoms with Crippen LogP contribution < -0.4 is 14.2 Å². The molecule has 42 heavy (non-hydrogen) atoms. The summed E-state index contributed by atoms with van der Waals surface area (Å²) >= 11 is 0. The summed E-state index contributed by atoms with van der Waals surface area (Å²) in [5, 5.41) is 0. The predicted molar refractivity (Wildman–Crippen MR) is 150 cm³/mol. The van der Waals surface area contributed by atoms with Crippen LogP contribution in [0, 0.1) is 0 Å². The van der Waals surface area contributed by atoms with Crippen molar-refractivity contribution in [2.75, 3.05) is 13.9 Å². The zero-order valence-corrected chi connectivity index (χ0v) is 23.8. The van der Waals surface area contributed by atoms with Gasteiger partial charge < -0.3 is 38.1 Å². The highest BCUT2D eigenvalue weighted by Gasteiger charge is 2.65. The summed E-state index contributed by atoms with van der Waals surface area (Å²) in [6, 6.07) is 20.3. The van der Waals surface area contributed by atoms with Gasteiger partial charge >= 0.3 is 0 Å². The van der Waals surface area contributed by atoms with Crippen molar-refractivity contribution >= 4 is 12.2 Å². The average Bonchev–Trinajstić information content (AvgIpc) is 3.60. The van der Waals surface area contributed by atoms with E-state index in [0.717, 1.165) is 23.2 Å².